The van der Waals surface area contributed by atoms with Gasteiger partial charge in [-0.05, 0) is 30.9 Å². The zero-order valence-electron chi connectivity index (χ0n) is 11.0. The van der Waals surface area contributed by atoms with Crippen LogP contribution in [0.3, 0.4) is 0 Å². The Kier molecular flexibility index (Phi) is 6.21. The SMILES string of the molecule is CSc1cccc(NC(=O)NCCC(C)C(=O)O)c1. The predicted octanol–water partition coefficient (Wildman–Crippen LogP) is 2.64. The Balaban J connectivity index is 2.36. The van der Waals surface area contributed by atoms with E-state index in [0.29, 0.717) is 13.0 Å². The van der Waals surface area contributed by atoms with Gasteiger partial charge in [-0.15, -0.1) is 11.8 Å². The Morgan fingerprint density at radius 1 is 1.42 bits per heavy atom. The van der Waals surface area contributed by atoms with E-state index in [2.05, 4.69) is 10.6 Å². The third kappa shape index (κ3) is 5.65. The highest BCUT2D eigenvalue weighted by Crippen LogP contribution is 2.18. The highest BCUT2D eigenvalue weighted by Gasteiger charge is 2.10. The van der Waals surface area contributed by atoms with Crippen molar-refractivity contribution in [1.82, 2.24) is 5.32 Å². The van der Waals surface area contributed by atoms with Crippen molar-refractivity contribution < 1.29 is 14.7 Å². The minimum atomic E-state index is -0.852. The lowest BCUT2D eigenvalue weighted by Gasteiger charge is -2.09. The Labute approximate surface area is 116 Å². The maximum absolute atomic E-state index is 11.6. The first-order valence-electron chi connectivity index (χ1n) is 5.94. The van der Waals surface area contributed by atoms with Gasteiger partial charge in [0.2, 0.25) is 0 Å². The van der Waals surface area contributed by atoms with Crippen molar-refractivity contribution in [3.63, 3.8) is 0 Å². The van der Waals surface area contributed by atoms with Crippen molar-refractivity contribution in [1.29, 1.82) is 0 Å². The maximum Gasteiger partial charge on any atom is 0.319 e. The Hall–Kier alpha value is -1.69. The summed E-state index contributed by atoms with van der Waals surface area (Å²) >= 11 is 1.60. The summed E-state index contributed by atoms with van der Waals surface area (Å²) in [5, 5.41) is 14.1. The standard InChI is InChI=1S/C13H18N2O3S/c1-9(12(16)17)6-7-14-13(18)15-10-4-3-5-11(8-10)19-2/h3-5,8-9H,6-7H2,1-2H3,(H,16,17)(H2,14,15,18). The zero-order valence-corrected chi connectivity index (χ0v) is 11.8. The van der Waals surface area contributed by atoms with Crippen LogP contribution in [0.1, 0.15) is 13.3 Å². The molecule has 0 fully saturated rings. The van der Waals surface area contributed by atoms with Gasteiger partial charge in [0, 0.05) is 17.1 Å². The minimum absolute atomic E-state index is 0.323. The van der Waals surface area contributed by atoms with Gasteiger partial charge in [-0.1, -0.05) is 13.0 Å². The highest BCUT2D eigenvalue weighted by atomic mass is 32.2. The third-order valence-corrected chi connectivity index (χ3v) is 3.34. The smallest absolute Gasteiger partial charge is 0.319 e. The number of carboxylic acid groups (broad SMARTS) is 1. The van der Waals surface area contributed by atoms with Crippen LogP contribution >= 0.6 is 11.8 Å². The van der Waals surface area contributed by atoms with Crippen molar-refractivity contribution in [2.45, 2.75) is 18.2 Å². The van der Waals surface area contributed by atoms with Crippen LogP contribution in [-0.4, -0.2) is 29.9 Å². The van der Waals surface area contributed by atoms with Gasteiger partial charge < -0.3 is 15.7 Å². The average Bonchev–Trinajstić information content (AvgIpc) is 2.38. The van der Waals surface area contributed by atoms with Crippen LogP contribution in [0.2, 0.25) is 0 Å². The fraction of sp³-hybridized carbons (Fsp3) is 0.385. The molecule has 0 saturated carbocycles. The number of nitrogens with one attached hydrogen (secondary N) is 2. The van der Waals surface area contributed by atoms with Gasteiger partial charge in [0.25, 0.3) is 0 Å². The summed E-state index contributed by atoms with van der Waals surface area (Å²) in [5.74, 6) is -1.31. The van der Waals surface area contributed by atoms with E-state index < -0.39 is 11.9 Å². The number of carbonyl (C=O) groups excluding carboxylic acids is 1. The van der Waals surface area contributed by atoms with Gasteiger partial charge in [0.05, 0.1) is 5.92 Å². The molecule has 19 heavy (non-hydrogen) atoms. The first kappa shape index (κ1) is 15.4. The molecule has 5 nitrogen and oxygen atoms in total. The van der Waals surface area contributed by atoms with Crippen molar-refractivity contribution >= 4 is 29.4 Å². The Morgan fingerprint density at radius 3 is 2.79 bits per heavy atom. The molecule has 0 radical (unpaired) electrons. The van der Waals surface area contributed by atoms with Crippen molar-refractivity contribution in [2.75, 3.05) is 18.1 Å². The predicted molar refractivity (Wildman–Crippen MR) is 76.7 cm³/mol. The molecule has 0 saturated heterocycles. The first-order chi connectivity index (χ1) is 9.02. The third-order valence-electron chi connectivity index (χ3n) is 2.61. The van der Waals surface area contributed by atoms with Gasteiger partial charge >= 0.3 is 12.0 Å². The second kappa shape index (κ2) is 7.68. The van der Waals surface area contributed by atoms with E-state index in [9.17, 15) is 9.59 Å². The highest BCUT2D eigenvalue weighted by molar-refractivity contribution is 7.98. The second-order valence-corrected chi connectivity index (χ2v) is 5.02. The van der Waals surface area contributed by atoms with E-state index in [4.69, 9.17) is 5.11 Å². The van der Waals surface area contributed by atoms with Gasteiger partial charge in [0.15, 0.2) is 0 Å². The Bertz CT molecular complexity index is 451. The number of amides is 2. The summed E-state index contributed by atoms with van der Waals surface area (Å²) in [6, 6.07) is 7.19. The second-order valence-electron chi connectivity index (χ2n) is 4.14. The molecule has 2 amide bonds. The molecule has 1 aromatic carbocycles. The first-order valence-corrected chi connectivity index (χ1v) is 7.17. The van der Waals surface area contributed by atoms with E-state index in [-0.39, 0.29) is 6.03 Å². The number of anilines is 1. The van der Waals surface area contributed by atoms with Gasteiger partial charge in [0.1, 0.15) is 0 Å². The molecule has 1 unspecified atom stereocenters. The number of aliphatic carboxylic acids is 1. The van der Waals surface area contributed by atoms with Crippen LogP contribution in [0.15, 0.2) is 29.2 Å². The van der Waals surface area contributed by atoms with Gasteiger partial charge in [-0.25, -0.2) is 4.79 Å². The maximum atomic E-state index is 11.6. The lowest BCUT2D eigenvalue weighted by molar-refractivity contribution is -0.141. The van der Waals surface area contributed by atoms with E-state index in [1.807, 2.05) is 24.5 Å². The number of benzene rings is 1. The largest absolute Gasteiger partial charge is 0.481 e. The number of carboxylic acids is 1. The van der Waals surface area contributed by atoms with Crippen molar-refractivity contribution in [3.05, 3.63) is 24.3 Å². The Morgan fingerprint density at radius 2 is 2.16 bits per heavy atom. The average molecular weight is 282 g/mol. The molecule has 0 spiro atoms. The number of hydrogen-bond donors (Lipinski definition) is 3. The minimum Gasteiger partial charge on any atom is -0.481 e. The number of hydrogen-bond acceptors (Lipinski definition) is 3. The number of rotatable bonds is 6. The molecule has 6 heteroatoms. The summed E-state index contributed by atoms with van der Waals surface area (Å²) in [5.41, 5.74) is 0.718. The molecule has 0 bridgehead atoms. The molecule has 1 rings (SSSR count). The monoisotopic (exact) mass is 282 g/mol. The number of thioether (sulfide) groups is 1. The fourth-order valence-electron chi connectivity index (χ4n) is 1.40. The van der Waals surface area contributed by atoms with Gasteiger partial charge in [-0.3, -0.25) is 4.79 Å². The van der Waals surface area contributed by atoms with Crippen LogP contribution in [0.4, 0.5) is 10.5 Å². The molecule has 0 aliphatic carbocycles. The lowest BCUT2D eigenvalue weighted by Crippen LogP contribution is -2.31. The summed E-state index contributed by atoms with van der Waals surface area (Å²) < 4.78 is 0. The number of carbonyl (C=O) groups is 2. The summed E-state index contributed by atoms with van der Waals surface area (Å²) in [6.07, 6.45) is 2.38. The lowest BCUT2D eigenvalue weighted by atomic mass is 10.1. The van der Waals surface area contributed by atoms with E-state index in [1.54, 1.807) is 24.8 Å². The van der Waals surface area contributed by atoms with Crippen LogP contribution in [-0.2, 0) is 4.79 Å². The van der Waals surface area contributed by atoms with Crippen LogP contribution in [0.25, 0.3) is 0 Å². The molecular weight excluding hydrogens is 264 g/mol. The molecule has 0 aromatic heterocycles. The number of urea groups is 1. The summed E-state index contributed by atoms with van der Waals surface area (Å²) in [4.78, 5) is 23.3. The molecule has 104 valence electrons. The fourth-order valence-corrected chi connectivity index (χ4v) is 1.86. The topological polar surface area (TPSA) is 78.4 Å². The van der Waals surface area contributed by atoms with Crippen molar-refractivity contribution in [3.8, 4) is 0 Å². The molecule has 1 aromatic rings. The van der Waals surface area contributed by atoms with E-state index >= 15 is 0 Å². The molecule has 0 heterocycles. The molecule has 3 N–H and O–H groups in total. The van der Waals surface area contributed by atoms with Crippen LogP contribution < -0.4 is 10.6 Å². The normalized spacial score (nSPS) is 11.7. The molecule has 0 aliphatic heterocycles. The summed E-state index contributed by atoms with van der Waals surface area (Å²) in [6.45, 7) is 1.95. The quantitative estimate of drug-likeness (QED) is 0.701. The van der Waals surface area contributed by atoms with Gasteiger partial charge in [-0.2, -0.15) is 0 Å². The zero-order chi connectivity index (χ0) is 14.3. The molecular formula is C13H18N2O3S. The summed E-state index contributed by atoms with van der Waals surface area (Å²) in [7, 11) is 0. The van der Waals surface area contributed by atoms with E-state index in [0.717, 1.165) is 10.6 Å². The van der Waals surface area contributed by atoms with E-state index in [1.165, 1.54) is 0 Å². The van der Waals surface area contributed by atoms with Crippen LogP contribution in [0, 0.1) is 5.92 Å². The molecule has 0 aliphatic rings. The van der Waals surface area contributed by atoms with Crippen molar-refractivity contribution in [2.24, 2.45) is 5.92 Å². The molecule has 1 atom stereocenters. The van der Waals surface area contributed by atoms with Crippen LogP contribution in [0.5, 0.6) is 0 Å².